The molecule has 1 amide bonds. The number of carbonyl (C=O) groups excluding carboxylic acids is 1. The second-order valence-corrected chi connectivity index (χ2v) is 5.82. The van der Waals surface area contributed by atoms with Crippen molar-refractivity contribution in [2.45, 2.75) is 32.7 Å². The highest BCUT2D eigenvalue weighted by Crippen LogP contribution is 2.26. The zero-order valence-electron chi connectivity index (χ0n) is 12.6. The molecule has 0 aromatic heterocycles. The van der Waals surface area contributed by atoms with Crippen LogP contribution in [0.5, 0.6) is 5.75 Å². The van der Waals surface area contributed by atoms with E-state index >= 15 is 0 Å². The van der Waals surface area contributed by atoms with Crippen LogP contribution in [-0.4, -0.2) is 30.3 Å². The van der Waals surface area contributed by atoms with Crippen LogP contribution in [0.4, 0.5) is 0 Å². The van der Waals surface area contributed by atoms with Crippen LogP contribution < -0.4 is 10.1 Å². The number of aliphatic hydroxyl groups excluding tert-OH is 1. The number of ether oxygens (including phenoxy) is 1. The van der Waals surface area contributed by atoms with Crippen molar-refractivity contribution in [2.24, 2.45) is 5.92 Å². The van der Waals surface area contributed by atoms with Gasteiger partial charge in [-0.3, -0.25) is 4.79 Å². The van der Waals surface area contributed by atoms with Gasteiger partial charge in [-0.2, -0.15) is 0 Å². The summed E-state index contributed by atoms with van der Waals surface area (Å²) in [6.45, 7) is 4.83. The van der Waals surface area contributed by atoms with Gasteiger partial charge in [0.15, 0.2) is 0 Å². The van der Waals surface area contributed by atoms with E-state index < -0.39 is 0 Å². The Hall–Kier alpha value is -1.81. The molecule has 0 spiro atoms. The quantitative estimate of drug-likeness (QED) is 0.789. The molecule has 1 atom stereocenters. The zero-order chi connectivity index (χ0) is 15.2. The summed E-state index contributed by atoms with van der Waals surface area (Å²) in [7, 11) is 0. The monoisotopic (exact) mass is 289 g/mol. The number of nitrogens with one attached hydrogen (secondary N) is 1. The molecule has 4 nitrogen and oxygen atoms in total. The van der Waals surface area contributed by atoms with E-state index in [4.69, 9.17) is 4.74 Å². The van der Waals surface area contributed by atoms with E-state index in [0.29, 0.717) is 5.92 Å². The first kappa shape index (κ1) is 15.6. The number of hydrogen-bond donors (Lipinski definition) is 2. The average molecular weight is 289 g/mol. The molecule has 2 N–H and O–H groups in total. The minimum absolute atomic E-state index is 0.0338. The minimum Gasteiger partial charge on any atom is -0.493 e. The third-order valence-electron chi connectivity index (χ3n) is 3.46. The molecule has 0 bridgehead atoms. The van der Waals surface area contributed by atoms with Gasteiger partial charge in [-0.1, -0.05) is 19.9 Å². The third kappa shape index (κ3) is 4.60. The van der Waals surface area contributed by atoms with Crippen molar-refractivity contribution >= 4 is 12.0 Å². The van der Waals surface area contributed by atoms with Gasteiger partial charge >= 0.3 is 0 Å². The number of hydrogen-bond acceptors (Lipinski definition) is 3. The highest BCUT2D eigenvalue weighted by atomic mass is 16.5. The van der Waals surface area contributed by atoms with Crippen LogP contribution in [-0.2, 0) is 11.2 Å². The maximum atomic E-state index is 11.9. The molecule has 0 saturated carbocycles. The van der Waals surface area contributed by atoms with Crippen molar-refractivity contribution in [3.63, 3.8) is 0 Å². The van der Waals surface area contributed by atoms with Crippen molar-refractivity contribution in [3.05, 3.63) is 35.4 Å². The summed E-state index contributed by atoms with van der Waals surface area (Å²) < 4.78 is 5.45. The van der Waals surface area contributed by atoms with E-state index in [1.807, 2.05) is 18.2 Å². The van der Waals surface area contributed by atoms with Crippen molar-refractivity contribution in [2.75, 3.05) is 13.2 Å². The first-order valence-electron chi connectivity index (χ1n) is 7.43. The Bertz CT molecular complexity index is 523. The number of amides is 1. The second-order valence-electron chi connectivity index (χ2n) is 5.82. The van der Waals surface area contributed by atoms with E-state index in [0.717, 1.165) is 30.8 Å². The smallest absolute Gasteiger partial charge is 0.244 e. The fourth-order valence-electron chi connectivity index (χ4n) is 2.48. The van der Waals surface area contributed by atoms with Gasteiger partial charge in [0, 0.05) is 12.5 Å². The summed E-state index contributed by atoms with van der Waals surface area (Å²) in [5, 5.41) is 12.1. The van der Waals surface area contributed by atoms with Gasteiger partial charge < -0.3 is 15.2 Å². The van der Waals surface area contributed by atoms with Crippen LogP contribution in [0.15, 0.2) is 24.3 Å². The van der Waals surface area contributed by atoms with Crippen LogP contribution in [0, 0.1) is 5.92 Å². The number of aliphatic hydroxyl groups is 1. The molecule has 0 aliphatic carbocycles. The molecule has 1 aromatic rings. The molecule has 2 rings (SSSR count). The Morgan fingerprint density at radius 3 is 3.00 bits per heavy atom. The molecule has 21 heavy (non-hydrogen) atoms. The molecule has 0 fully saturated rings. The SMILES string of the molecule is CC(C)CC(CO)NC(=O)C=Cc1ccc2c(c1)CCO2. The van der Waals surface area contributed by atoms with Crippen LogP contribution >= 0.6 is 0 Å². The molecule has 1 aliphatic heterocycles. The molecule has 1 unspecified atom stereocenters. The summed E-state index contributed by atoms with van der Waals surface area (Å²) in [4.78, 5) is 11.9. The summed E-state index contributed by atoms with van der Waals surface area (Å²) in [5.74, 6) is 1.20. The van der Waals surface area contributed by atoms with Gasteiger partial charge in [0.1, 0.15) is 5.75 Å². The maximum absolute atomic E-state index is 11.9. The zero-order valence-corrected chi connectivity index (χ0v) is 12.6. The van der Waals surface area contributed by atoms with Gasteiger partial charge in [0.25, 0.3) is 0 Å². The lowest BCUT2D eigenvalue weighted by atomic mass is 10.0. The maximum Gasteiger partial charge on any atom is 0.244 e. The summed E-state index contributed by atoms with van der Waals surface area (Å²) in [6, 6.07) is 5.74. The lowest BCUT2D eigenvalue weighted by molar-refractivity contribution is -0.117. The van der Waals surface area contributed by atoms with E-state index in [1.54, 1.807) is 6.08 Å². The third-order valence-corrected chi connectivity index (χ3v) is 3.46. The molecule has 0 radical (unpaired) electrons. The Kier molecular flexibility index (Phi) is 5.39. The minimum atomic E-state index is -0.185. The fraction of sp³-hybridized carbons (Fsp3) is 0.471. The Labute approximate surface area is 125 Å². The van der Waals surface area contributed by atoms with Gasteiger partial charge in [-0.15, -0.1) is 0 Å². The van der Waals surface area contributed by atoms with Gasteiger partial charge in [0.2, 0.25) is 5.91 Å². The van der Waals surface area contributed by atoms with Gasteiger partial charge in [-0.05, 0) is 41.7 Å². The predicted molar refractivity (Wildman–Crippen MR) is 83.1 cm³/mol. The molecule has 1 aromatic carbocycles. The number of carbonyl (C=O) groups is 1. The van der Waals surface area contributed by atoms with Crippen LogP contribution in [0.2, 0.25) is 0 Å². The van der Waals surface area contributed by atoms with E-state index in [1.165, 1.54) is 11.6 Å². The molecule has 0 saturated heterocycles. The van der Waals surface area contributed by atoms with Crippen molar-refractivity contribution in [1.29, 1.82) is 0 Å². The predicted octanol–water partition coefficient (Wildman–Crippen LogP) is 2.16. The van der Waals surface area contributed by atoms with Gasteiger partial charge in [0.05, 0.1) is 19.3 Å². The Morgan fingerprint density at radius 2 is 2.29 bits per heavy atom. The van der Waals surface area contributed by atoms with Crippen LogP contribution in [0.1, 0.15) is 31.4 Å². The van der Waals surface area contributed by atoms with Gasteiger partial charge in [-0.25, -0.2) is 0 Å². The van der Waals surface area contributed by atoms with Crippen LogP contribution in [0.25, 0.3) is 6.08 Å². The molecule has 114 valence electrons. The molecular weight excluding hydrogens is 266 g/mol. The summed E-state index contributed by atoms with van der Waals surface area (Å²) in [5.41, 5.74) is 2.17. The molecule has 1 aliphatic rings. The van der Waals surface area contributed by atoms with Crippen LogP contribution in [0.3, 0.4) is 0 Å². The second kappa shape index (κ2) is 7.27. The van der Waals surface area contributed by atoms with Crippen molar-refractivity contribution in [3.8, 4) is 5.75 Å². The van der Waals surface area contributed by atoms with Crippen molar-refractivity contribution < 1.29 is 14.6 Å². The Balaban J connectivity index is 1.92. The normalized spacial score (nSPS) is 15.0. The first-order chi connectivity index (χ1) is 10.1. The number of fused-ring (bicyclic) bond motifs is 1. The number of benzene rings is 1. The number of rotatable bonds is 6. The largest absolute Gasteiger partial charge is 0.493 e. The highest BCUT2D eigenvalue weighted by molar-refractivity contribution is 5.92. The topological polar surface area (TPSA) is 58.6 Å². The average Bonchev–Trinajstić information content (AvgIpc) is 2.91. The van der Waals surface area contributed by atoms with Crippen molar-refractivity contribution in [1.82, 2.24) is 5.32 Å². The molecule has 4 heteroatoms. The highest BCUT2D eigenvalue weighted by Gasteiger charge is 2.12. The van der Waals surface area contributed by atoms with E-state index in [-0.39, 0.29) is 18.6 Å². The lowest BCUT2D eigenvalue weighted by Gasteiger charge is -2.17. The fourth-order valence-corrected chi connectivity index (χ4v) is 2.48. The standard InChI is InChI=1S/C17H23NO3/c1-12(2)9-15(11-19)18-17(20)6-4-13-3-5-16-14(10-13)7-8-21-16/h3-6,10,12,15,19H,7-9,11H2,1-2H3,(H,18,20). The van der Waals surface area contributed by atoms with E-state index in [2.05, 4.69) is 19.2 Å². The summed E-state index contributed by atoms with van der Waals surface area (Å²) >= 11 is 0. The first-order valence-corrected chi connectivity index (χ1v) is 7.43. The Morgan fingerprint density at radius 1 is 1.48 bits per heavy atom. The molecular formula is C17H23NO3. The lowest BCUT2D eigenvalue weighted by Crippen LogP contribution is -2.37. The molecule has 1 heterocycles. The van der Waals surface area contributed by atoms with E-state index in [9.17, 15) is 9.90 Å². The summed E-state index contributed by atoms with van der Waals surface area (Å²) in [6.07, 6.45) is 4.99.